The molecular weight excluding hydrogens is 351 g/mol. The monoisotopic (exact) mass is 364 g/mol. The number of hydrogen-bond acceptors (Lipinski definition) is 3. The van der Waals surface area contributed by atoms with Crippen molar-refractivity contribution in [3.8, 4) is 0 Å². The zero-order valence-corrected chi connectivity index (χ0v) is 14.3. The Morgan fingerprint density at radius 3 is 2.75 bits per heavy atom. The molecule has 1 aliphatic carbocycles. The Morgan fingerprint density at radius 2 is 2.00 bits per heavy atom. The lowest BCUT2D eigenvalue weighted by molar-refractivity contribution is 0.0952. The molecule has 0 saturated carbocycles. The van der Waals surface area contributed by atoms with Crippen molar-refractivity contribution in [3.63, 3.8) is 0 Å². The van der Waals surface area contributed by atoms with E-state index in [1.54, 1.807) is 18.2 Å². The zero-order valence-electron chi connectivity index (χ0n) is 12.8. The van der Waals surface area contributed by atoms with Gasteiger partial charge in [-0.3, -0.25) is 14.4 Å². The van der Waals surface area contributed by atoms with Gasteiger partial charge in [-0.15, -0.1) is 0 Å². The Hall–Kier alpha value is -2.11. The van der Waals surface area contributed by atoms with Gasteiger partial charge in [0.15, 0.2) is 5.78 Å². The topological polar surface area (TPSA) is 79.0 Å². The summed E-state index contributed by atoms with van der Waals surface area (Å²) < 4.78 is 0. The molecule has 24 heavy (non-hydrogen) atoms. The minimum absolute atomic E-state index is 0.0742. The first-order valence-corrected chi connectivity index (χ1v) is 8.17. The van der Waals surface area contributed by atoms with Crippen molar-refractivity contribution in [2.75, 3.05) is 5.32 Å². The number of H-pyrrole nitrogens is 1. The molecule has 1 aliphatic rings. The molecule has 2 aromatic rings. The second-order valence-corrected chi connectivity index (χ2v) is 6.68. The van der Waals surface area contributed by atoms with E-state index in [0.717, 1.165) is 0 Å². The third-order valence-corrected chi connectivity index (χ3v) is 4.77. The smallest absolute Gasteiger partial charge is 0.261 e. The molecule has 0 spiro atoms. The fourth-order valence-corrected chi connectivity index (χ4v) is 3.13. The first kappa shape index (κ1) is 16.7. The molecule has 1 amide bonds. The van der Waals surface area contributed by atoms with Crippen LogP contribution in [0.25, 0.3) is 0 Å². The van der Waals surface area contributed by atoms with Crippen molar-refractivity contribution in [2.45, 2.75) is 19.8 Å². The number of Topliss-reactive ketones (excluding diaryl/α,β-unsaturated/α-hetero) is 1. The minimum atomic E-state index is -0.644. The highest BCUT2D eigenvalue weighted by molar-refractivity contribution is 6.44. The molecule has 124 valence electrons. The number of anilines is 1. The Labute approximate surface area is 148 Å². The minimum Gasteiger partial charge on any atom is -0.325 e. The highest BCUT2D eigenvalue weighted by Gasteiger charge is 2.25. The Balaban J connectivity index is 1.96. The maximum atomic E-state index is 12.4. The fraction of sp³-hybridized carbons (Fsp3) is 0.235. The largest absolute Gasteiger partial charge is 0.325 e. The predicted molar refractivity (Wildman–Crippen MR) is 93.3 cm³/mol. The number of nitrogens with one attached hydrogen (secondary N) is 2. The van der Waals surface area contributed by atoms with E-state index < -0.39 is 11.5 Å². The Bertz CT molecular complexity index is 905. The van der Waals surface area contributed by atoms with Gasteiger partial charge in [0.05, 0.1) is 15.7 Å². The Morgan fingerprint density at radius 1 is 1.25 bits per heavy atom. The SMILES string of the molecule is CC1CC(=O)c2cc(C(=O)Nc3cccc(Cl)c3Cl)c(=O)[nH]c2C1. The van der Waals surface area contributed by atoms with Crippen molar-refractivity contribution in [3.05, 3.63) is 61.5 Å². The lowest BCUT2D eigenvalue weighted by Gasteiger charge is -2.20. The second-order valence-electron chi connectivity index (χ2n) is 5.90. The molecule has 0 aliphatic heterocycles. The lowest BCUT2D eigenvalue weighted by Crippen LogP contribution is -2.29. The van der Waals surface area contributed by atoms with Crippen LogP contribution >= 0.6 is 23.2 Å². The first-order valence-electron chi connectivity index (χ1n) is 7.41. The van der Waals surface area contributed by atoms with Gasteiger partial charge in [-0.05, 0) is 30.5 Å². The van der Waals surface area contributed by atoms with Crippen LogP contribution in [-0.4, -0.2) is 16.7 Å². The van der Waals surface area contributed by atoms with Gasteiger partial charge in [0.25, 0.3) is 11.5 Å². The highest BCUT2D eigenvalue weighted by Crippen LogP contribution is 2.30. The summed E-state index contributed by atoms with van der Waals surface area (Å²) >= 11 is 11.9. The van der Waals surface area contributed by atoms with E-state index in [9.17, 15) is 14.4 Å². The quantitative estimate of drug-likeness (QED) is 0.852. The number of benzene rings is 1. The molecule has 1 aromatic carbocycles. The molecular formula is C17H14Cl2N2O3. The number of aromatic nitrogens is 1. The summed E-state index contributed by atoms with van der Waals surface area (Å²) in [5, 5.41) is 3.03. The average molecular weight is 365 g/mol. The summed E-state index contributed by atoms with van der Waals surface area (Å²) in [4.78, 5) is 39.4. The van der Waals surface area contributed by atoms with Crippen LogP contribution in [-0.2, 0) is 6.42 Å². The van der Waals surface area contributed by atoms with Gasteiger partial charge >= 0.3 is 0 Å². The third-order valence-electron chi connectivity index (χ3n) is 3.95. The number of ketones is 1. The normalized spacial score (nSPS) is 16.6. The van der Waals surface area contributed by atoms with Crippen LogP contribution in [0.15, 0.2) is 29.1 Å². The molecule has 0 bridgehead atoms. The summed E-state index contributed by atoms with van der Waals surface area (Å²) in [5.41, 5.74) is 0.612. The van der Waals surface area contributed by atoms with Crippen LogP contribution in [0.3, 0.4) is 0 Å². The van der Waals surface area contributed by atoms with Gasteiger partial charge in [-0.1, -0.05) is 36.2 Å². The van der Waals surface area contributed by atoms with Gasteiger partial charge in [0, 0.05) is 17.7 Å². The first-order chi connectivity index (χ1) is 11.4. The number of carbonyl (C=O) groups is 2. The van der Waals surface area contributed by atoms with E-state index in [4.69, 9.17) is 23.2 Å². The molecule has 1 aromatic heterocycles. The highest BCUT2D eigenvalue weighted by atomic mass is 35.5. The number of fused-ring (bicyclic) bond motifs is 1. The molecule has 0 radical (unpaired) electrons. The van der Waals surface area contributed by atoms with E-state index in [-0.39, 0.29) is 27.3 Å². The van der Waals surface area contributed by atoms with Gasteiger partial charge in [0.2, 0.25) is 0 Å². The summed E-state index contributed by atoms with van der Waals surface area (Å²) in [6.45, 7) is 1.95. The summed E-state index contributed by atoms with van der Waals surface area (Å²) in [6.07, 6.45) is 1.01. The number of pyridine rings is 1. The summed E-state index contributed by atoms with van der Waals surface area (Å²) in [7, 11) is 0. The molecule has 0 fully saturated rings. The van der Waals surface area contributed by atoms with Gasteiger partial charge in [-0.25, -0.2) is 0 Å². The number of amides is 1. The molecule has 5 nitrogen and oxygen atoms in total. The maximum absolute atomic E-state index is 12.4. The molecule has 3 rings (SSSR count). The second kappa shape index (κ2) is 6.42. The molecule has 1 atom stereocenters. The third kappa shape index (κ3) is 3.09. The van der Waals surface area contributed by atoms with Crippen molar-refractivity contribution in [1.82, 2.24) is 4.98 Å². The standard InChI is InChI=1S/C17H14Cl2N2O3/c1-8-5-13-9(14(22)6-8)7-10(17(24)21-13)16(23)20-12-4-2-3-11(18)15(12)19/h2-4,7-8H,5-6H2,1H3,(H,20,23)(H,21,24). The summed E-state index contributed by atoms with van der Waals surface area (Å²) in [5.74, 6) is -0.546. The van der Waals surface area contributed by atoms with Crippen molar-refractivity contribution in [1.29, 1.82) is 0 Å². The van der Waals surface area contributed by atoms with Crippen molar-refractivity contribution < 1.29 is 9.59 Å². The van der Waals surface area contributed by atoms with Crippen LogP contribution < -0.4 is 10.9 Å². The predicted octanol–water partition coefficient (Wildman–Crippen LogP) is 3.70. The van der Waals surface area contributed by atoms with Crippen LogP contribution in [0.5, 0.6) is 0 Å². The van der Waals surface area contributed by atoms with E-state index >= 15 is 0 Å². The fourth-order valence-electron chi connectivity index (χ4n) is 2.78. The maximum Gasteiger partial charge on any atom is 0.261 e. The molecule has 2 N–H and O–H groups in total. The van der Waals surface area contributed by atoms with Gasteiger partial charge in [-0.2, -0.15) is 0 Å². The van der Waals surface area contributed by atoms with Crippen LogP contribution in [0, 0.1) is 5.92 Å². The van der Waals surface area contributed by atoms with Crippen LogP contribution in [0.4, 0.5) is 5.69 Å². The van der Waals surface area contributed by atoms with E-state index in [1.165, 1.54) is 6.07 Å². The van der Waals surface area contributed by atoms with Gasteiger partial charge in [0.1, 0.15) is 5.56 Å². The van der Waals surface area contributed by atoms with Crippen LogP contribution in [0.2, 0.25) is 10.0 Å². The molecule has 0 saturated heterocycles. The number of halogens is 2. The summed E-state index contributed by atoms with van der Waals surface area (Å²) in [6, 6.07) is 6.15. The molecule has 1 heterocycles. The van der Waals surface area contributed by atoms with Gasteiger partial charge < -0.3 is 10.3 Å². The Kier molecular flexibility index (Phi) is 4.47. The number of rotatable bonds is 2. The van der Waals surface area contributed by atoms with E-state index in [1.807, 2.05) is 6.92 Å². The van der Waals surface area contributed by atoms with E-state index in [2.05, 4.69) is 10.3 Å². The number of hydrogen-bond donors (Lipinski definition) is 2. The molecule has 7 heteroatoms. The lowest BCUT2D eigenvalue weighted by atomic mass is 9.86. The van der Waals surface area contributed by atoms with Crippen molar-refractivity contribution in [2.24, 2.45) is 5.92 Å². The number of carbonyl (C=O) groups excluding carboxylic acids is 2. The van der Waals surface area contributed by atoms with Crippen LogP contribution in [0.1, 0.15) is 39.8 Å². The van der Waals surface area contributed by atoms with E-state index in [0.29, 0.717) is 29.8 Å². The molecule has 1 unspecified atom stereocenters. The van der Waals surface area contributed by atoms with Crippen molar-refractivity contribution >= 4 is 40.6 Å². The average Bonchev–Trinajstić information content (AvgIpc) is 2.51. The number of aromatic amines is 1. The zero-order chi connectivity index (χ0) is 17.4.